The Balaban J connectivity index is 2.06. The standard InChI is InChI=1S/C15H13NO2/c16-15(17)11-8-12-6-9-14(10-7-12)18-13-4-2-1-3-5-13/h1-11H,(H2,16,17). The monoisotopic (exact) mass is 239 g/mol. The minimum Gasteiger partial charge on any atom is -0.457 e. The second-order valence-corrected chi connectivity index (χ2v) is 3.72. The van der Waals surface area contributed by atoms with Gasteiger partial charge in [0.15, 0.2) is 0 Å². The first-order chi connectivity index (χ1) is 8.74. The van der Waals surface area contributed by atoms with Crippen molar-refractivity contribution in [2.45, 2.75) is 0 Å². The molecule has 0 atom stereocenters. The van der Waals surface area contributed by atoms with E-state index < -0.39 is 5.91 Å². The zero-order valence-corrected chi connectivity index (χ0v) is 9.74. The number of rotatable bonds is 4. The number of ether oxygens (including phenoxy) is 1. The van der Waals surface area contributed by atoms with Crippen molar-refractivity contribution in [3.05, 3.63) is 66.2 Å². The number of benzene rings is 2. The van der Waals surface area contributed by atoms with Gasteiger partial charge >= 0.3 is 0 Å². The summed E-state index contributed by atoms with van der Waals surface area (Å²) < 4.78 is 5.64. The molecule has 0 aromatic heterocycles. The molecule has 0 bridgehead atoms. The normalized spacial score (nSPS) is 10.4. The zero-order valence-electron chi connectivity index (χ0n) is 9.74. The van der Waals surface area contributed by atoms with Crippen LogP contribution in [0, 0.1) is 0 Å². The van der Waals surface area contributed by atoms with Crippen molar-refractivity contribution in [3.8, 4) is 11.5 Å². The van der Waals surface area contributed by atoms with Gasteiger partial charge in [0.1, 0.15) is 11.5 Å². The highest BCUT2D eigenvalue weighted by Gasteiger charge is 1.96. The van der Waals surface area contributed by atoms with Crippen LogP contribution in [-0.4, -0.2) is 5.91 Å². The van der Waals surface area contributed by atoms with Gasteiger partial charge in [-0.25, -0.2) is 0 Å². The number of amides is 1. The Morgan fingerprint density at radius 3 is 2.17 bits per heavy atom. The van der Waals surface area contributed by atoms with Gasteiger partial charge in [-0.1, -0.05) is 30.3 Å². The van der Waals surface area contributed by atoms with E-state index in [-0.39, 0.29) is 0 Å². The van der Waals surface area contributed by atoms with Crippen LogP contribution >= 0.6 is 0 Å². The van der Waals surface area contributed by atoms with Crippen LogP contribution in [0.15, 0.2) is 60.7 Å². The fourth-order valence-corrected chi connectivity index (χ4v) is 1.45. The van der Waals surface area contributed by atoms with Gasteiger partial charge in [0, 0.05) is 6.08 Å². The lowest BCUT2D eigenvalue weighted by molar-refractivity contribution is -0.113. The van der Waals surface area contributed by atoms with Crippen LogP contribution in [0.2, 0.25) is 0 Å². The summed E-state index contributed by atoms with van der Waals surface area (Å²) >= 11 is 0. The van der Waals surface area contributed by atoms with Crippen molar-refractivity contribution < 1.29 is 9.53 Å². The van der Waals surface area contributed by atoms with Crippen LogP contribution in [-0.2, 0) is 4.79 Å². The molecule has 18 heavy (non-hydrogen) atoms. The predicted molar refractivity (Wildman–Crippen MR) is 71.2 cm³/mol. The van der Waals surface area contributed by atoms with Gasteiger partial charge in [-0.15, -0.1) is 0 Å². The van der Waals surface area contributed by atoms with Crippen molar-refractivity contribution in [2.24, 2.45) is 5.73 Å². The molecule has 0 spiro atoms. The average Bonchev–Trinajstić information content (AvgIpc) is 2.39. The van der Waals surface area contributed by atoms with Gasteiger partial charge in [-0.05, 0) is 35.9 Å². The summed E-state index contributed by atoms with van der Waals surface area (Å²) in [5.74, 6) is 1.08. The maximum absolute atomic E-state index is 10.6. The molecule has 2 rings (SSSR count). The molecule has 0 aliphatic rings. The second kappa shape index (κ2) is 5.68. The molecular formula is C15H13NO2. The average molecular weight is 239 g/mol. The van der Waals surface area contributed by atoms with E-state index in [1.165, 1.54) is 6.08 Å². The molecule has 0 radical (unpaired) electrons. The number of carbonyl (C=O) groups excluding carboxylic acids is 1. The van der Waals surface area contributed by atoms with Crippen molar-refractivity contribution in [1.82, 2.24) is 0 Å². The van der Waals surface area contributed by atoms with E-state index in [0.29, 0.717) is 0 Å². The van der Waals surface area contributed by atoms with Crippen LogP contribution in [0.1, 0.15) is 5.56 Å². The Morgan fingerprint density at radius 1 is 0.944 bits per heavy atom. The van der Waals surface area contributed by atoms with Crippen LogP contribution < -0.4 is 10.5 Å². The topological polar surface area (TPSA) is 52.3 Å². The van der Waals surface area contributed by atoms with E-state index in [9.17, 15) is 4.79 Å². The number of hydrogen-bond acceptors (Lipinski definition) is 2. The van der Waals surface area contributed by atoms with E-state index in [1.54, 1.807) is 6.08 Å². The molecule has 90 valence electrons. The largest absolute Gasteiger partial charge is 0.457 e. The first-order valence-corrected chi connectivity index (χ1v) is 5.54. The molecule has 2 aromatic carbocycles. The Bertz CT molecular complexity index is 544. The number of para-hydroxylation sites is 1. The molecule has 1 amide bonds. The molecule has 0 aliphatic carbocycles. The van der Waals surface area contributed by atoms with E-state index >= 15 is 0 Å². The highest BCUT2D eigenvalue weighted by atomic mass is 16.5. The molecule has 2 N–H and O–H groups in total. The smallest absolute Gasteiger partial charge is 0.241 e. The van der Waals surface area contributed by atoms with Crippen molar-refractivity contribution in [2.75, 3.05) is 0 Å². The van der Waals surface area contributed by atoms with Crippen LogP contribution in [0.25, 0.3) is 6.08 Å². The number of hydrogen-bond donors (Lipinski definition) is 1. The van der Waals surface area contributed by atoms with Crippen molar-refractivity contribution in [3.63, 3.8) is 0 Å². The predicted octanol–water partition coefficient (Wildman–Crippen LogP) is 2.98. The maximum atomic E-state index is 10.6. The Labute approximate surface area is 106 Å². The van der Waals surface area contributed by atoms with Crippen molar-refractivity contribution in [1.29, 1.82) is 0 Å². The Kier molecular flexibility index (Phi) is 3.76. The second-order valence-electron chi connectivity index (χ2n) is 3.72. The highest BCUT2D eigenvalue weighted by molar-refractivity contribution is 5.90. The van der Waals surface area contributed by atoms with Gasteiger partial charge in [-0.3, -0.25) is 4.79 Å². The Morgan fingerprint density at radius 2 is 1.56 bits per heavy atom. The lowest BCUT2D eigenvalue weighted by atomic mass is 10.2. The third kappa shape index (κ3) is 3.49. The van der Waals surface area contributed by atoms with E-state index in [1.807, 2.05) is 54.6 Å². The number of primary amides is 1. The van der Waals surface area contributed by atoms with Crippen molar-refractivity contribution >= 4 is 12.0 Å². The van der Waals surface area contributed by atoms with Gasteiger partial charge in [0.25, 0.3) is 0 Å². The van der Waals surface area contributed by atoms with E-state index in [4.69, 9.17) is 10.5 Å². The minimum atomic E-state index is -0.459. The summed E-state index contributed by atoms with van der Waals surface area (Å²) in [6, 6.07) is 16.9. The van der Waals surface area contributed by atoms with Gasteiger partial charge < -0.3 is 10.5 Å². The Hall–Kier alpha value is -2.55. The zero-order chi connectivity index (χ0) is 12.8. The third-order valence-electron chi connectivity index (χ3n) is 2.30. The number of carbonyl (C=O) groups is 1. The minimum absolute atomic E-state index is 0.459. The SMILES string of the molecule is NC(=O)C=Cc1ccc(Oc2ccccc2)cc1. The van der Waals surface area contributed by atoms with Crippen LogP contribution in [0.3, 0.4) is 0 Å². The molecule has 0 heterocycles. The van der Waals surface area contributed by atoms with Crippen LogP contribution in [0.5, 0.6) is 11.5 Å². The molecule has 0 aliphatic heterocycles. The highest BCUT2D eigenvalue weighted by Crippen LogP contribution is 2.21. The maximum Gasteiger partial charge on any atom is 0.241 e. The molecular weight excluding hydrogens is 226 g/mol. The van der Waals surface area contributed by atoms with Gasteiger partial charge in [0.2, 0.25) is 5.91 Å². The fourth-order valence-electron chi connectivity index (χ4n) is 1.45. The summed E-state index contributed by atoms with van der Waals surface area (Å²) in [7, 11) is 0. The molecule has 3 nitrogen and oxygen atoms in total. The number of nitrogens with two attached hydrogens (primary N) is 1. The van der Waals surface area contributed by atoms with E-state index in [2.05, 4.69) is 0 Å². The lowest BCUT2D eigenvalue weighted by Gasteiger charge is -2.05. The third-order valence-corrected chi connectivity index (χ3v) is 2.30. The quantitative estimate of drug-likeness (QED) is 0.834. The first-order valence-electron chi connectivity index (χ1n) is 5.54. The lowest BCUT2D eigenvalue weighted by Crippen LogP contribution is -2.04. The molecule has 0 fully saturated rings. The van der Waals surface area contributed by atoms with Crippen LogP contribution in [0.4, 0.5) is 0 Å². The molecule has 3 heteroatoms. The molecule has 2 aromatic rings. The van der Waals surface area contributed by atoms with Gasteiger partial charge in [0.05, 0.1) is 0 Å². The summed E-state index contributed by atoms with van der Waals surface area (Å²) in [5.41, 5.74) is 5.92. The molecule has 0 saturated carbocycles. The summed E-state index contributed by atoms with van der Waals surface area (Å²) in [6.07, 6.45) is 2.99. The molecule has 0 unspecified atom stereocenters. The summed E-state index contributed by atoms with van der Waals surface area (Å²) in [5, 5.41) is 0. The summed E-state index contributed by atoms with van der Waals surface area (Å²) in [4.78, 5) is 10.6. The fraction of sp³-hybridized carbons (Fsp3) is 0. The molecule has 0 saturated heterocycles. The van der Waals surface area contributed by atoms with E-state index in [0.717, 1.165) is 17.1 Å². The first kappa shape index (κ1) is 11.9. The summed E-state index contributed by atoms with van der Waals surface area (Å²) in [6.45, 7) is 0. The van der Waals surface area contributed by atoms with Gasteiger partial charge in [-0.2, -0.15) is 0 Å².